The predicted molar refractivity (Wildman–Crippen MR) is 71.5 cm³/mol. The Labute approximate surface area is 101 Å². The Balaban J connectivity index is 3.63. The summed E-state index contributed by atoms with van der Waals surface area (Å²) >= 11 is 3.51. The molecule has 0 saturated carbocycles. The fraction of sp³-hybridized carbons (Fsp3) is 0.900. The molecule has 0 spiro atoms. The van der Waals surface area contributed by atoms with Gasteiger partial charge in [0.2, 0.25) is 5.91 Å². The third-order valence-electron chi connectivity index (χ3n) is 2.05. The Morgan fingerprint density at radius 1 is 1.40 bits per heavy atom. The lowest BCUT2D eigenvalue weighted by Gasteiger charge is -2.14. The van der Waals surface area contributed by atoms with Crippen LogP contribution in [0.25, 0.3) is 0 Å². The summed E-state index contributed by atoms with van der Waals surface area (Å²) in [6.07, 6.45) is 4.84. The van der Waals surface area contributed by atoms with E-state index >= 15 is 0 Å². The molecule has 0 saturated heterocycles. The standard InChI is InChI=1S/C10H22N2OS2/c1-8(7-15-3)6-12-10(13)9(11)4-5-14-2/h8-9H,4-7,11H2,1-3H3,(H,12,13)/t8?,9-/m1/s1. The molecule has 0 bridgehead atoms. The smallest absolute Gasteiger partial charge is 0.236 e. The lowest BCUT2D eigenvalue weighted by Crippen LogP contribution is -2.42. The highest BCUT2D eigenvalue weighted by atomic mass is 32.2. The quantitative estimate of drug-likeness (QED) is 0.679. The Hall–Kier alpha value is 0.130. The number of hydrogen-bond donors (Lipinski definition) is 2. The van der Waals surface area contributed by atoms with Gasteiger partial charge in [-0.25, -0.2) is 0 Å². The molecule has 15 heavy (non-hydrogen) atoms. The van der Waals surface area contributed by atoms with Crippen molar-refractivity contribution >= 4 is 29.4 Å². The van der Waals surface area contributed by atoms with Crippen LogP contribution in [0.1, 0.15) is 13.3 Å². The number of amides is 1. The molecule has 0 aliphatic carbocycles. The molecule has 0 aromatic heterocycles. The lowest BCUT2D eigenvalue weighted by molar-refractivity contribution is -0.122. The van der Waals surface area contributed by atoms with Gasteiger partial charge < -0.3 is 11.1 Å². The molecular formula is C10H22N2OS2. The van der Waals surface area contributed by atoms with Crippen molar-refractivity contribution in [1.82, 2.24) is 5.32 Å². The molecule has 90 valence electrons. The summed E-state index contributed by atoms with van der Waals surface area (Å²) in [5, 5.41) is 2.89. The summed E-state index contributed by atoms with van der Waals surface area (Å²) in [7, 11) is 0. The van der Waals surface area contributed by atoms with Crippen LogP contribution < -0.4 is 11.1 Å². The first-order chi connectivity index (χ1) is 7.11. The second-order valence-corrected chi connectivity index (χ2v) is 5.59. The van der Waals surface area contributed by atoms with Crippen LogP contribution in [0.4, 0.5) is 0 Å². The van der Waals surface area contributed by atoms with Crippen molar-refractivity contribution in [2.75, 3.05) is 30.6 Å². The molecular weight excluding hydrogens is 228 g/mol. The molecule has 3 nitrogen and oxygen atoms in total. The monoisotopic (exact) mass is 250 g/mol. The number of thioether (sulfide) groups is 2. The van der Waals surface area contributed by atoms with Gasteiger partial charge >= 0.3 is 0 Å². The van der Waals surface area contributed by atoms with Gasteiger partial charge in [-0.3, -0.25) is 4.79 Å². The topological polar surface area (TPSA) is 55.1 Å². The van der Waals surface area contributed by atoms with Crippen molar-refractivity contribution in [3.63, 3.8) is 0 Å². The molecule has 3 N–H and O–H groups in total. The van der Waals surface area contributed by atoms with Gasteiger partial charge in [0, 0.05) is 6.54 Å². The summed E-state index contributed by atoms with van der Waals surface area (Å²) in [6.45, 7) is 2.86. The van der Waals surface area contributed by atoms with Gasteiger partial charge in [-0.15, -0.1) is 0 Å². The Morgan fingerprint density at radius 2 is 2.07 bits per heavy atom. The Bertz CT molecular complexity index is 179. The second kappa shape index (κ2) is 9.36. The highest BCUT2D eigenvalue weighted by molar-refractivity contribution is 7.98. The molecule has 0 rings (SSSR count). The van der Waals surface area contributed by atoms with E-state index < -0.39 is 0 Å². The van der Waals surface area contributed by atoms with Gasteiger partial charge in [-0.1, -0.05) is 6.92 Å². The average molecular weight is 250 g/mol. The largest absolute Gasteiger partial charge is 0.354 e. The third-order valence-corrected chi connectivity index (χ3v) is 3.59. The van der Waals surface area contributed by atoms with E-state index in [-0.39, 0.29) is 11.9 Å². The van der Waals surface area contributed by atoms with E-state index in [0.29, 0.717) is 5.92 Å². The van der Waals surface area contributed by atoms with Crippen LogP contribution in [-0.2, 0) is 4.79 Å². The second-order valence-electron chi connectivity index (χ2n) is 3.69. The van der Waals surface area contributed by atoms with E-state index in [1.165, 1.54) is 0 Å². The van der Waals surface area contributed by atoms with E-state index in [0.717, 1.165) is 24.5 Å². The summed E-state index contributed by atoms with van der Waals surface area (Å²) in [4.78, 5) is 11.5. The first-order valence-electron chi connectivity index (χ1n) is 5.13. The molecule has 1 amide bonds. The highest BCUT2D eigenvalue weighted by Gasteiger charge is 2.13. The maximum absolute atomic E-state index is 11.5. The highest BCUT2D eigenvalue weighted by Crippen LogP contribution is 2.03. The molecule has 0 heterocycles. The summed E-state index contributed by atoms with van der Waals surface area (Å²) in [5.41, 5.74) is 5.73. The van der Waals surface area contributed by atoms with Gasteiger partial charge in [0.15, 0.2) is 0 Å². The molecule has 0 aliphatic rings. The van der Waals surface area contributed by atoms with Crippen molar-refractivity contribution in [3.05, 3.63) is 0 Å². The zero-order chi connectivity index (χ0) is 11.7. The van der Waals surface area contributed by atoms with E-state index in [2.05, 4.69) is 18.5 Å². The van der Waals surface area contributed by atoms with Crippen LogP contribution >= 0.6 is 23.5 Å². The molecule has 5 heteroatoms. The minimum Gasteiger partial charge on any atom is -0.354 e. The summed E-state index contributed by atoms with van der Waals surface area (Å²) in [6, 6.07) is -0.348. The summed E-state index contributed by atoms with van der Waals surface area (Å²) in [5.74, 6) is 2.50. The molecule has 0 aliphatic heterocycles. The third kappa shape index (κ3) is 7.99. The normalized spacial score (nSPS) is 14.7. The summed E-state index contributed by atoms with van der Waals surface area (Å²) < 4.78 is 0. The molecule has 2 atom stereocenters. The predicted octanol–water partition coefficient (Wildman–Crippen LogP) is 1.18. The Morgan fingerprint density at radius 3 is 2.60 bits per heavy atom. The number of hydrogen-bond acceptors (Lipinski definition) is 4. The zero-order valence-corrected chi connectivity index (χ0v) is 11.4. The van der Waals surface area contributed by atoms with Crippen molar-refractivity contribution in [2.24, 2.45) is 11.7 Å². The van der Waals surface area contributed by atoms with Crippen LogP contribution in [0.15, 0.2) is 0 Å². The van der Waals surface area contributed by atoms with Gasteiger partial charge in [0.05, 0.1) is 6.04 Å². The van der Waals surface area contributed by atoms with Crippen LogP contribution in [0.3, 0.4) is 0 Å². The number of nitrogens with one attached hydrogen (secondary N) is 1. The molecule has 0 aromatic rings. The van der Waals surface area contributed by atoms with Crippen molar-refractivity contribution in [3.8, 4) is 0 Å². The van der Waals surface area contributed by atoms with Crippen LogP contribution in [0.5, 0.6) is 0 Å². The van der Waals surface area contributed by atoms with Crippen LogP contribution in [0, 0.1) is 5.92 Å². The van der Waals surface area contributed by atoms with Crippen LogP contribution in [0.2, 0.25) is 0 Å². The van der Waals surface area contributed by atoms with E-state index in [9.17, 15) is 4.79 Å². The van der Waals surface area contributed by atoms with E-state index in [1.54, 1.807) is 23.5 Å². The van der Waals surface area contributed by atoms with Crippen molar-refractivity contribution < 1.29 is 4.79 Å². The first kappa shape index (κ1) is 15.1. The minimum atomic E-state index is -0.348. The number of carbonyl (C=O) groups excluding carboxylic acids is 1. The number of rotatable bonds is 8. The van der Waals surface area contributed by atoms with Gasteiger partial charge in [0.25, 0.3) is 0 Å². The fourth-order valence-corrected chi connectivity index (χ4v) is 2.30. The van der Waals surface area contributed by atoms with E-state index in [4.69, 9.17) is 5.73 Å². The SMILES string of the molecule is CSCC[C@@H](N)C(=O)NCC(C)CSC. The van der Waals surface area contributed by atoms with Gasteiger partial charge in [-0.05, 0) is 36.4 Å². The molecule has 0 fully saturated rings. The van der Waals surface area contributed by atoms with Gasteiger partial charge in [0.1, 0.15) is 0 Å². The lowest BCUT2D eigenvalue weighted by atomic mass is 10.2. The van der Waals surface area contributed by atoms with Crippen molar-refractivity contribution in [2.45, 2.75) is 19.4 Å². The first-order valence-corrected chi connectivity index (χ1v) is 7.91. The molecule has 0 radical (unpaired) electrons. The fourth-order valence-electron chi connectivity index (χ4n) is 1.13. The van der Waals surface area contributed by atoms with E-state index in [1.807, 2.05) is 6.26 Å². The zero-order valence-electron chi connectivity index (χ0n) is 9.79. The van der Waals surface area contributed by atoms with Gasteiger partial charge in [-0.2, -0.15) is 23.5 Å². The maximum atomic E-state index is 11.5. The van der Waals surface area contributed by atoms with Crippen LogP contribution in [-0.4, -0.2) is 42.5 Å². The molecule has 0 aromatic carbocycles. The number of nitrogens with two attached hydrogens (primary N) is 1. The van der Waals surface area contributed by atoms with Crippen molar-refractivity contribution in [1.29, 1.82) is 0 Å². The molecule has 1 unspecified atom stereocenters. The average Bonchev–Trinajstić information content (AvgIpc) is 2.22. The minimum absolute atomic E-state index is 0.0167. The number of carbonyl (C=O) groups is 1. The Kier molecular flexibility index (Phi) is 9.44. The maximum Gasteiger partial charge on any atom is 0.236 e.